The lowest BCUT2D eigenvalue weighted by atomic mass is 10.1. The molecule has 1 saturated heterocycles. The van der Waals surface area contributed by atoms with Gasteiger partial charge in [-0.2, -0.15) is 0 Å². The number of piperidine rings is 1. The summed E-state index contributed by atoms with van der Waals surface area (Å²) in [5.41, 5.74) is 2.84. The van der Waals surface area contributed by atoms with E-state index in [1.54, 1.807) is 24.3 Å². The van der Waals surface area contributed by atoms with Crippen LogP contribution in [-0.2, 0) is 6.54 Å². The number of nitrogens with one attached hydrogen (secondary N) is 2. The second-order valence-electron chi connectivity index (χ2n) is 9.23. The maximum atomic E-state index is 13.3. The lowest BCUT2D eigenvalue weighted by Crippen LogP contribution is -2.47. The van der Waals surface area contributed by atoms with Gasteiger partial charge in [0.1, 0.15) is 0 Å². The fourth-order valence-electron chi connectivity index (χ4n) is 4.31. The molecule has 2 heterocycles. The molecule has 1 aromatic heterocycles. The van der Waals surface area contributed by atoms with Crippen molar-refractivity contribution in [3.8, 4) is 0 Å². The summed E-state index contributed by atoms with van der Waals surface area (Å²) in [4.78, 5) is 43.9. The van der Waals surface area contributed by atoms with Gasteiger partial charge in [0.05, 0.1) is 11.0 Å². The number of Topliss-reactive ketones (excluding diaryl/α,β-unsaturated/α-hetero) is 1. The van der Waals surface area contributed by atoms with Crippen LogP contribution >= 0.6 is 0 Å². The maximum absolute atomic E-state index is 13.3. The summed E-state index contributed by atoms with van der Waals surface area (Å²) in [5, 5.41) is 5.82. The number of anilines is 2. The number of hydrogen-bond acceptors (Lipinski definition) is 5. The topological polar surface area (TPSA) is 96.3 Å². The van der Waals surface area contributed by atoms with Crippen LogP contribution in [-0.4, -0.2) is 40.5 Å². The average molecular weight is 462 g/mol. The predicted octanol–water partition coefficient (Wildman–Crippen LogP) is 4.05. The average Bonchev–Trinajstić information content (AvgIpc) is 2.81. The van der Waals surface area contributed by atoms with E-state index >= 15 is 0 Å². The van der Waals surface area contributed by atoms with Gasteiger partial charge in [-0.05, 0) is 62.1 Å². The van der Waals surface area contributed by atoms with Gasteiger partial charge in [-0.3, -0.25) is 9.59 Å². The summed E-state index contributed by atoms with van der Waals surface area (Å²) in [6, 6.07) is 14.3. The minimum atomic E-state index is -0.280. The normalized spacial score (nSPS) is 14.4. The lowest BCUT2D eigenvalue weighted by Gasteiger charge is -2.33. The Balaban J connectivity index is 1.40. The number of carbonyl (C=O) groups is 2. The molecule has 4 rings (SSSR count). The number of amides is 2. The van der Waals surface area contributed by atoms with E-state index < -0.39 is 0 Å². The Morgan fingerprint density at radius 3 is 2.38 bits per heavy atom. The molecule has 1 fully saturated rings. The highest BCUT2D eigenvalue weighted by molar-refractivity contribution is 5.95. The SMILES string of the molecule is CC(=O)c1ccc(NC(=O)NC2CCN(c3nc4ccccc4n(CC(C)C)c3=O)CC2)cc1. The molecule has 0 unspecified atom stereocenters. The van der Waals surface area contributed by atoms with Crippen molar-refractivity contribution >= 4 is 34.4 Å². The van der Waals surface area contributed by atoms with E-state index in [1.165, 1.54) is 6.92 Å². The van der Waals surface area contributed by atoms with Crippen LogP contribution in [0.4, 0.5) is 16.3 Å². The van der Waals surface area contributed by atoms with Crippen LogP contribution in [0.3, 0.4) is 0 Å². The first kappa shape index (κ1) is 23.5. The van der Waals surface area contributed by atoms with Crippen molar-refractivity contribution in [2.24, 2.45) is 5.92 Å². The number of carbonyl (C=O) groups excluding carboxylic acids is 2. The fraction of sp³-hybridized carbons (Fsp3) is 0.385. The quantitative estimate of drug-likeness (QED) is 0.540. The van der Waals surface area contributed by atoms with E-state index in [0.717, 1.165) is 23.9 Å². The molecule has 0 aliphatic carbocycles. The van der Waals surface area contributed by atoms with Crippen molar-refractivity contribution in [1.29, 1.82) is 0 Å². The molecular formula is C26H31N5O3. The van der Waals surface area contributed by atoms with Crippen molar-refractivity contribution in [1.82, 2.24) is 14.9 Å². The molecule has 1 aliphatic rings. The predicted molar refractivity (Wildman–Crippen MR) is 135 cm³/mol. The van der Waals surface area contributed by atoms with E-state index in [9.17, 15) is 14.4 Å². The lowest BCUT2D eigenvalue weighted by molar-refractivity contribution is 0.101. The fourth-order valence-corrected chi connectivity index (χ4v) is 4.31. The molecule has 0 bridgehead atoms. The van der Waals surface area contributed by atoms with Gasteiger partial charge in [0.2, 0.25) is 0 Å². The number of aromatic nitrogens is 2. The molecule has 178 valence electrons. The van der Waals surface area contributed by atoms with Gasteiger partial charge < -0.3 is 20.1 Å². The van der Waals surface area contributed by atoms with Crippen LogP contribution < -0.4 is 21.1 Å². The monoisotopic (exact) mass is 461 g/mol. The van der Waals surface area contributed by atoms with Crippen LogP contribution in [0.2, 0.25) is 0 Å². The van der Waals surface area contributed by atoms with Crippen molar-refractivity contribution in [3.63, 3.8) is 0 Å². The Bertz CT molecular complexity index is 1240. The highest BCUT2D eigenvalue weighted by Crippen LogP contribution is 2.20. The first-order valence-electron chi connectivity index (χ1n) is 11.7. The molecular weight excluding hydrogens is 430 g/mol. The highest BCUT2D eigenvalue weighted by Gasteiger charge is 2.25. The van der Waals surface area contributed by atoms with Crippen LogP contribution in [0, 0.1) is 5.92 Å². The third kappa shape index (κ3) is 5.27. The Labute approximate surface area is 199 Å². The molecule has 0 radical (unpaired) electrons. The van der Waals surface area contributed by atoms with Gasteiger partial charge >= 0.3 is 6.03 Å². The van der Waals surface area contributed by atoms with Crippen LogP contribution in [0.1, 0.15) is 44.0 Å². The van der Waals surface area contributed by atoms with Gasteiger partial charge in [0.15, 0.2) is 11.6 Å². The summed E-state index contributed by atoms with van der Waals surface area (Å²) in [7, 11) is 0. The largest absolute Gasteiger partial charge is 0.352 e. The summed E-state index contributed by atoms with van der Waals surface area (Å²) >= 11 is 0. The van der Waals surface area contributed by atoms with Gasteiger partial charge in [-0.1, -0.05) is 26.0 Å². The standard InChI is InChI=1S/C26H31N5O3/c1-17(2)16-31-23-7-5-4-6-22(23)29-24(25(31)33)30-14-12-21(13-15-30)28-26(34)27-20-10-8-19(9-11-20)18(3)32/h4-11,17,21H,12-16H2,1-3H3,(H2,27,28,34). The number of ketones is 1. The molecule has 0 atom stereocenters. The van der Waals surface area contributed by atoms with Crippen molar-refractivity contribution < 1.29 is 9.59 Å². The van der Waals surface area contributed by atoms with Gasteiger partial charge in [-0.25, -0.2) is 9.78 Å². The molecule has 2 N–H and O–H groups in total. The molecule has 2 amide bonds. The first-order valence-corrected chi connectivity index (χ1v) is 11.7. The van der Waals surface area contributed by atoms with E-state index in [0.29, 0.717) is 42.6 Å². The molecule has 34 heavy (non-hydrogen) atoms. The van der Waals surface area contributed by atoms with E-state index in [-0.39, 0.29) is 23.4 Å². The number of para-hydroxylation sites is 2. The van der Waals surface area contributed by atoms with E-state index in [1.807, 2.05) is 33.7 Å². The number of urea groups is 1. The van der Waals surface area contributed by atoms with E-state index in [4.69, 9.17) is 4.98 Å². The minimum absolute atomic E-state index is 0.00564. The van der Waals surface area contributed by atoms with Gasteiger partial charge in [-0.15, -0.1) is 0 Å². The van der Waals surface area contributed by atoms with Crippen LogP contribution in [0.15, 0.2) is 53.3 Å². The zero-order valence-electron chi connectivity index (χ0n) is 19.9. The smallest absolute Gasteiger partial charge is 0.319 e. The van der Waals surface area contributed by atoms with Gasteiger partial charge in [0, 0.05) is 36.9 Å². The Hall–Kier alpha value is -3.68. The third-order valence-corrected chi connectivity index (χ3v) is 6.06. The number of benzene rings is 2. The minimum Gasteiger partial charge on any atom is -0.352 e. The molecule has 8 heteroatoms. The number of hydrogen-bond donors (Lipinski definition) is 2. The van der Waals surface area contributed by atoms with Crippen LogP contribution in [0.5, 0.6) is 0 Å². The van der Waals surface area contributed by atoms with Crippen molar-refractivity contribution in [2.75, 3.05) is 23.3 Å². The molecule has 3 aromatic rings. The Kier molecular flexibility index (Phi) is 6.95. The third-order valence-electron chi connectivity index (χ3n) is 6.06. The number of rotatable bonds is 6. The second-order valence-corrected chi connectivity index (χ2v) is 9.23. The Morgan fingerprint density at radius 2 is 1.74 bits per heavy atom. The molecule has 0 spiro atoms. The zero-order chi connectivity index (χ0) is 24.2. The number of nitrogens with zero attached hydrogens (tertiary/aromatic N) is 3. The van der Waals surface area contributed by atoms with Crippen LogP contribution in [0.25, 0.3) is 11.0 Å². The molecule has 1 aliphatic heterocycles. The zero-order valence-corrected chi connectivity index (χ0v) is 19.9. The molecule has 0 saturated carbocycles. The summed E-state index contributed by atoms with van der Waals surface area (Å²) in [5.74, 6) is 0.802. The molecule has 8 nitrogen and oxygen atoms in total. The van der Waals surface area contributed by atoms with E-state index in [2.05, 4.69) is 24.5 Å². The molecule has 2 aromatic carbocycles. The Morgan fingerprint density at radius 1 is 1.06 bits per heavy atom. The van der Waals surface area contributed by atoms with Crippen molar-refractivity contribution in [2.45, 2.75) is 46.2 Å². The highest BCUT2D eigenvalue weighted by atomic mass is 16.2. The maximum Gasteiger partial charge on any atom is 0.319 e. The van der Waals surface area contributed by atoms with Gasteiger partial charge in [0.25, 0.3) is 5.56 Å². The summed E-state index contributed by atoms with van der Waals surface area (Å²) in [6.07, 6.45) is 1.43. The summed E-state index contributed by atoms with van der Waals surface area (Å²) in [6.45, 7) is 7.62. The summed E-state index contributed by atoms with van der Waals surface area (Å²) < 4.78 is 1.83. The number of fused-ring (bicyclic) bond motifs is 1. The first-order chi connectivity index (χ1) is 16.3. The second kappa shape index (κ2) is 10.1. The van der Waals surface area contributed by atoms with Crippen molar-refractivity contribution in [3.05, 3.63) is 64.4 Å².